The van der Waals surface area contributed by atoms with Gasteiger partial charge in [-0.1, -0.05) is 42.5 Å². The van der Waals surface area contributed by atoms with Gasteiger partial charge in [0, 0.05) is 17.8 Å². The average molecular weight is 235 g/mol. The molecule has 1 nitrogen and oxygen atoms in total. The smallest absolute Gasteiger partial charge is 0.0485 e. The standard InChI is InChI=1S/C17H17N/c1-13-7-3-4-9-16(13)12-18-14(2)11-15-8-5-6-10-17(15)18/h3-11H,12H2,1-2H3. The van der Waals surface area contributed by atoms with Crippen LogP contribution in [0.5, 0.6) is 0 Å². The second kappa shape index (κ2) is 4.34. The highest BCUT2D eigenvalue weighted by atomic mass is 15.0. The van der Waals surface area contributed by atoms with Crippen LogP contribution in [0.2, 0.25) is 0 Å². The lowest BCUT2D eigenvalue weighted by Gasteiger charge is -2.10. The zero-order chi connectivity index (χ0) is 12.5. The molecule has 90 valence electrons. The average Bonchev–Trinajstić information content (AvgIpc) is 2.69. The van der Waals surface area contributed by atoms with Crippen molar-refractivity contribution < 1.29 is 0 Å². The summed E-state index contributed by atoms with van der Waals surface area (Å²) in [5.74, 6) is 0. The van der Waals surface area contributed by atoms with E-state index >= 15 is 0 Å². The SMILES string of the molecule is Cc1ccccc1Cn1c(C)cc2ccccc21. The molecule has 0 radical (unpaired) electrons. The van der Waals surface area contributed by atoms with Gasteiger partial charge in [-0.15, -0.1) is 0 Å². The predicted molar refractivity (Wildman–Crippen MR) is 77.0 cm³/mol. The molecular formula is C17H17N. The number of aryl methyl sites for hydroxylation is 2. The van der Waals surface area contributed by atoms with Crippen LogP contribution in [0, 0.1) is 13.8 Å². The van der Waals surface area contributed by atoms with Gasteiger partial charge in [-0.2, -0.15) is 0 Å². The van der Waals surface area contributed by atoms with Crippen molar-refractivity contribution in [3.63, 3.8) is 0 Å². The highest BCUT2D eigenvalue weighted by Crippen LogP contribution is 2.21. The number of benzene rings is 2. The lowest BCUT2D eigenvalue weighted by Crippen LogP contribution is -2.02. The predicted octanol–water partition coefficient (Wildman–Crippen LogP) is 4.31. The van der Waals surface area contributed by atoms with Crippen LogP contribution in [0.1, 0.15) is 16.8 Å². The van der Waals surface area contributed by atoms with E-state index in [0.29, 0.717) is 0 Å². The minimum Gasteiger partial charge on any atom is -0.340 e. The second-order valence-corrected chi connectivity index (χ2v) is 4.86. The minimum absolute atomic E-state index is 0.950. The molecule has 1 aromatic heterocycles. The molecular weight excluding hydrogens is 218 g/mol. The maximum Gasteiger partial charge on any atom is 0.0485 e. The number of rotatable bonds is 2. The molecule has 0 amide bonds. The van der Waals surface area contributed by atoms with Crippen molar-refractivity contribution in [1.82, 2.24) is 4.57 Å². The van der Waals surface area contributed by atoms with E-state index < -0.39 is 0 Å². The van der Waals surface area contributed by atoms with Gasteiger partial charge in [-0.25, -0.2) is 0 Å². The Morgan fingerprint density at radius 3 is 2.44 bits per heavy atom. The van der Waals surface area contributed by atoms with Gasteiger partial charge in [0.15, 0.2) is 0 Å². The molecule has 0 aliphatic rings. The fourth-order valence-electron chi connectivity index (χ4n) is 2.52. The fraction of sp³-hybridized carbons (Fsp3) is 0.176. The maximum atomic E-state index is 2.39. The molecule has 0 saturated carbocycles. The van der Waals surface area contributed by atoms with E-state index in [1.807, 2.05) is 0 Å². The molecule has 0 atom stereocenters. The van der Waals surface area contributed by atoms with Crippen molar-refractivity contribution in [2.75, 3.05) is 0 Å². The Morgan fingerprint density at radius 1 is 0.889 bits per heavy atom. The largest absolute Gasteiger partial charge is 0.340 e. The van der Waals surface area contributed by atoms with E-state index in [9.17, 15) is 0 Å². The van der Waals surface area contributed by atoms with Crippen molar-refractivity contribution in [2.45, 2.75) is 20.4 Å². The van der Waals surface area contributed by atoms with Gasteiger partial charge in [0.2, 0.25) is 0 Å². The summed E-state index contributed by atoms with van der Waals surface area (Å²) in [6.07, 6.45) is 0. The van der Waals surface area contributed by atoms with E-state index in [4.69, 9.17) is 0 Å². The number of hydrogen-bond donors (Lipinski definition) is 0. The molecule has 0 N–H and O–H groups in total. The lowest BCUT2D eigenvalue weighted by atomic mass is 10.1. The van der Waals surface area contributed by atoms with Crippen LogP contribution in [-0.4, -0.2) is 4.57 Å². The number of hydrogen-bond acceptors (Lipinski definition) is 0. The first kappa shape index (κ1) is 11.1. The van der Waals surface area contributed by atoms with Gasteiger partial charge < -0.3 is 4.57 Å². The Kier molecular flexibility index (Phi) is 2.67. The summed E-state index contributed by atoms with van der Waals surface area (Å²) in [5.41, 5.74) is 5.38. The molecule has 1 heterocycles. The number of aromatic nitrogens is 1. The minimum atomic E-state index is 0.950. The van der Waals surface area contributed by atoms with E-state index in [0.717, 1.165) is 6.54 Å². The van der Waals surface area contributed by atoms with Gasteiger partial charge in [-0.05, 0) is 42.5 Å². The third kappa shape index (κ3) is 1.82. The summed E-state index contributed by atoms with van der Waals surface area (Å²) in [7, 11) is 0. The van der Waals surface area contributed by atoms with Crippen LogP contribution in [0.15, 0.2) is 54.6 Å². The fourth-order valence-corrected chi connectivity index (χ4v) is 2.52. The molecule has 0 bridgehead atoms. The van der Waals surface area contributed by atoms with E-state index in [2.05, 4.69) is 73.0 Å². The topological polar surface area (TPSA) is 4.93 Å². The summed E-state index contributed by atoms with van der Waals surface area (Å²) < 4.78 is 2.39. The lowest BCUT2D eigenvalue weighted by molar-refractivity contribution is 0.800. The number of para-hydroxylation sites is 1. The van der Waals surface area contributed by atoms with Crippen molar-refractivity contribution >= 4 is 10.9 Å². The van der Waals surface area contributed by atoms with Crippen molar-refractivity contribution in [3.8, 4) is 0 Å². The Labute approximate surface area is 108 Å². The maximum absolute atomic E-state index is 2.39. The molecule has 2 aromatic carbocycles. The van der Waals surface area contributed by atoms with Crippen molar-refractivity contribution in [2.24, 2.45) is 0 Å². The third-order valence-electron chi connectivity index (χ3n) is 3.61. The molecule has 0 spiro atoms. The van der Waals surface area contributed by atoms with Crippen LogP contribution >= 0.6 is 0 Å². The Balaban J connectivity index is 2.10. The zero-order valence-electron chi connectivity index (χ0n) is 10.9. The Bertz CT molecular complexity index is 692. The number of nitrogens with zero attached hydrogens (tertiary/aromatic N) is 1. The normalized spacial score (nSPS) is 11.0. The van der Waals surface area contributed by atoms with Gasteiger partial charge in [0.25, 0.3) is 0 Å². The highest BCUT2D eigenvalue weighted by molar-refractivity contribution is 5.81. The van der Waals surface area contributed by atoms with Crippen LogP contribution in [0.4, 0.5) is 0 Å². The highest BCUT2D eigenvalue weighted by Gasteiger charge is 2.06. The molecule has 3 aromatic rings. The molecule has 0 aliphatic heterocycles. The second-order valence-electron chi connectivity index (χ2n) is 4.86. The van der Waals surface area contributed by atoms with E-state index in [1.165, 1.54) is 27.7 Å². The summed E-state index contributed by atoms with van der Waals surface area (Å²) in [6, 6.07) is 19.4. The summed E-state index contributed by atoms with van der Waals surface area (Å²) in [5, 5.41) is 1.32. The Morgan fingerprint density at radius 2 is 1.61 bits per heavy atom. The third-order valence-corrected chi connectivity index (χ3v) is 3.61. The van der Waals surface area contributed by atoms with Gasteiger partial charge >= 0.3 is 0 Å². The van der Waals surface area contributed by atoms with Crippen molar-refractivity contribution in [3.05, 3.63) is 71.4 Å². The van der Waals surface area contributed by atoms with Crippen molar-refractivity contribution in [1.29, 1.82) is 0 Å². The summed E-state index contributed by atoms with van der Waals surface area (Å²) in [6.45, 7) is 5.31. The van der Waals surface area contributed by atoms with Crippen LogP contribution < -0.4 is 0 Å². The van der Waals surface area contributed by atoms with Crippen LogP contribution in [0.3, 0.4) is 0 Å². The quantitative estimate of drug-likeness (QED) is 0.624. The Hall–Kier alpha value is -2.02. The monoisotopic (exact) mass is 235 g/mol. The van der Waals surface area contributed by atoms with Gasteiger partial charge in [-0.3, -0.25) is 0 Å². The van der Waals surface area contributed by atoms with Crippen LogP contribution in [0.25, 0.3) is 10.9 Å². The molecule has 1 heteroatoms. The number of fused-ring (bicyclic) bond motifs is 1. The molecule has 0 fully saturated rings. The molecule has 0 saturated heterocycles. The summed E-state index contributed by atoms with van der Waals surface area (Å²) >= 11 is 0. The van der Waals surface area contributed by atoms with E-state index in [-0.39, 0.29) is 0 Å². The first-order chi connectivity index (χ1) is 8.75. The molecule has 18 heavy (non-hydrogen) atoms. The summed E-state index contributed by atoms with van der Waals surface area (Å²) in [4.78, 5) is 0. The van der Waals surface area contributed by atoms with Gasteiger partial charge in [0.1, 0.15) is 0 Å². The molecule has 3 rings (SSSR count). The zero-order valence-corrected chi connectivity index (χ0v) is 10.9. The molecule has 0 unspecified atom stereocenters. The first-order valence-corrected chi connectivity index (χ1v) is 6.35. The molecule has 0 aliphatic carbocycles. The van der Waals surface area contributed by atoms with Crippen LogP contribution in [-0.2, 0) is 6.54 Å². The van der Waals surface area contributed by atoms with E-state index in [1.54, 1.807) is 0 Å². The van der Waals surface area contributed by atoms with Gasteiger partial charge in [0.05, 0.1) is 0 Å². The first-order valence-electron chi connectivity index (χ1n) is 6.35.